The van der Waals surface area contributed by atoms with E-state index in [-0.39, 0.29) is 36.4 Å². The number of carbonyl (C=O) groups excluding carboxylic acids is 2. The largest absolute Gasteiger partial charge is 0.459 e. The van der Waals surface area contributed by atoms with Crippen molar-refractivity contribution >= 4 is 30.6 Å². The molecule has 2 saturated heterocycles. The first kappa shape index (κ1) is 23.7. The van der Waals surface area contributed by atoms with Gasteiger partial charge in [-0.2, -0.15) is 0 Å². The molecule has 0 spiro atoms. The van der Waals surface area contributed by atoms with Crippen LogP contribution < -0.4 is 0 Å². The topological polar surface area (TPSA) is 113 Å². The number of amides is 2. The van der Waals surface area contributed by atoms with E-state index in [0.717, 1.165) is 22.4 Å². The summed E-state index contributed by atoms with van der Waals surface area (Å²) >= 11 is 0. The summed E-state index contributed by atoms with van der Waals surface area (Å²) in [4.78, 5) is 31.3. The van der Waals surface area contributed by atoms with Crippen LogP contribution in [0.25, 0.3) is 11.6 Å². The number of fused-ring (bicyclic) bond motifs is 3. The van der Waals surface area contributed by atoms with Crippen LogP contribution in [0.2, 0.25) is 6.32 Å². The maximum Gasteiger partial charge on any atom is 0.455 e. The van der Waals surface area contributed by atoms with E-state index in [1.165, 1.54) is 4.90 Å². The van der Waals surface area contributed by atoms with E-state index >= 15 is 0 Å². The van der Waals surface area contributed by atoms with Crippen LogP contribution in [0.5, 0.6) is 0 Å². The van der Waals surface area contributed by atoms with Gasteiger partial charge in [-0.1, -0.05) is 11.6 Å². The number of pyridine rings is 1. The average Bonchev–Trinajstić information content (AvgIpc) is 3.40. The van der Waals surface area contributed by atoms with Gasteiger partial charge in [0.25, 0.3) is 0 Å². The highest BCUT2D eigenvalue weighted by molar-refractivity contribution is 6.43. The van der Waals surface area contributed by atoms with E-state index in [9.17, 15) is 19.7 Å². The molecular formula is C26H29BN2O6. The van der Waals surface area contributed by atoms with Gasteiger partial charge in [-0.3, -0.25) is 19.5 Å². The van der Waals surface area contributed by atoms with Gasteiger partial charge in [0.2, 0.25) is 11.8 Å². The molecule has 3 aliphatic rings. The van der Waals surface area contributed by atoms with Crippen molar-refractivity contribution in [2.24, 2.45) is 17.8 Å². The molecule has 0 saturated carbocycles. The molecule has 0 bridgehead atoms. The fourth-order valence-corrected chi connectivity index (χ4v) is 5.92. The summed E-state index contributed by atoms with van der Waals surface area (Å²) in [6.45, 7) is 1.84. The predicted molar refractivity (Wildman–Crippen MR) is 129 cm³/mol. The third-order valence-corrected chi connectivity index (χ3v) is 7.50. The lowest BCUT2D eigenvalue weighted by Gasteiger charge is -2.42. The third-order valence-electron chi connectivity index (χ3n) is 7.50. The number of nitrogens with zero attached hydrogens (tertiary/aromatic N) is 2. The zero-order valence-corrected chi connectivity index (χ0v) is 19.9. The maximum atomic E-state index is 12.9. The van der Waals surface area contributed by atoms with Crippen LogP contribution in [0.4, 0.5) is 0 Å². The Hall–Kier alpha value is -3.01. The first-order valence-electron chi connectivity index (χ1n) is 12.0. The zero-order chi connectivity index (χ0) is 24.7. The van der Waals surface area contributed by atoms with Gasteiger partial charge in [0.1, 0.15) is 18.1 Å². The normalized spacial score (nSPS) is 26.9. The van der Waals surface area contributed by atoms with Crippen LogP contribution in [0.3, 0.4) is 0 Å². The van der Waals surface area contributed by atoms with Crippen LogP contribution in [-0.4, -0.2) is 52.1 Å². The lowest BCUT2D eigenvalue weighted by Crippen LogP contribution is -2.45. The number of aromatic nitrogens is 1. The highest BCUT2D eigenvalue weighted by Crippen LogP contribution is 2.50. The summed E-state index contributed by atoms with van der Waals surface area (Å²) in [7, 11) is 0.556. The van der Waals surface area contributed by atoms with Crippen LogP contribution in [-0.2, 0) is 20.9 Å². The minimum absolute atomic E-state index is 0.128. The van der Waals surface area contributed by atoms with Gasteiger partial charge in [0.15, 0.2) is 0 Å². The maximum absolute atomic E-state index is 12.9. The summed E-state index contributed by atoms with van der Waals surface area (Å²) < 4.78 is 11.7. The second kappa shape index (κ2) is 9.56. The molecule has 0 radical (unpaired) electrons. The molecule has 4 heterocycles. The van der Waals surface area contributed by atoms with Gasteiger partial charge in [-0.25, -0.2) is 0 Å². The molecule has 182 valence electrons. The number of furan rings is 1. The van der Waals surface area contributed by atoms with Gasteiger partial charge < -0.3 is 19.2 Å². The Morgan fingerprint density at radius 2 is 2.06 bits per heavy atom. The summed E-state index contributed by atoms with van der Waals surface area (Å²) in [5.74, 6) is -0.175. The Kier molecular flexibility index (Phi) is 6.48. The van der Waals surface area contributed by atoms with Crippen molar-refractivity contribution in [1.82, 2.24) is 9.88 Å². The van der Waals surface area contributed by atoms with Crippen molar-refractivity contribution in [3.05, 3.63) is 64.9 Å². The van der Waals surface area contributed by atoms with Gasteiger partial charge >= 0.3 is 7.12 Å². The van der Waals surface area contributed by atoms with E-state index in [1.54, 1.807) is 25.4 Å². The summed E-state index contributed by atoms with van der Waals surface area (Å²) in [5, 5.41) is 19.9. The Morgan fingerprint density at radius 3 is 2.77 bits per heavy atom. The minimum Gasteiger partial charge on any atom is -0.459 e. The second-order valence-electron chi connectivity index (χ2n) is 9.61. The number of aliphatic hydroxyl groups is 1. The van der Waals surface area contributed by atoms with Crippen molar-refractivity contribution in [2.45, 2.75) is 45.2 Å². The second-order valence-corrected chi connectivity index (χ2v) is 9.61. The van der Waals surface area contributed by atoms with Gasteiger partial charge in [-0.05, 0) is 79.9 Å². The molecule has 5 rings (SSSR count). The van der Waals surface area contributed by atoms with Crippen LogP contribution in [0.1, 0.15) is 43.4 Å². The summed E-state index contributed by atoms with van der Waals surface area (Å²) in [6.07, 6.45) is 5.30. The fourth-order valence-electron chi connectivity index (χ4n) is 5.92. The average molecular weight is 476 g/mol. The predicted octanol–water partition coefficient (Wildman–Crippen LogP) is 2.93. The van der Waals surface area contributed by atoms with Crippen LogP contribution in [0, 0.1) is 17.8 Å². The fraction of sp³-hybridized carbons (Fsp3) is 0.423. The molecule has 2 fully saturated rings. The molecule has 8 nitrogen and oxygen atoms in total. The van der Waals surface area contributed by atoms with Crippen molar-refractivity contribution in [1.29, 1.82) is 0 Å². The van der Waals surface area contributed by atoms with Gasteiger partial charge in [0.05, 0.1) is 23.6 Å². The Labute approximate surface area is 204 Å². The Morgan fingerprint density at radius 1 is 1.23 bits per heavy atom. The molecule has 4 atom stereocenters. The monoisotopic (exact) mass is 476 g/mol. The lowest BCUT2D eigenvalue weighted by molar-refractivity contribution is -0.138. The van der Waals surface area contributed by atoms with Crippen molar-refractivity contribution in [3.8, 4) is 0 Å². The number of allylic oxidation sites excluding steroid dienone is 2. The van der Waals surface area contributed by atoms with E-state index in [4.69, 9.17) is 9.07 Å². The molecule has 2 N–H and O–H groups in total. The lowest BCUT2D eigenvalue weighted by atomic mass is 9.59. The third kappa shape index (κ3) is 4.40. The van der Waals surface area contributed by atoms with E-state index < -0.39 is 13.0 Å². The zero-order valence-electron chi connectivity index (χ0n) is 19.9. The Bertz CT molecular complexity index is 1190. The summed E-state index contributed by atoms with van der Waals surface area (Å²) in [6, 6.07) is 9.23. The van der Waals surface area contributed by atoms with Crippen molar-refractivity contribution < 1.29 is 28.8 Å². The van der Waals surface area contributed by atoms with Crippen molar-refractivity contribution in [3.63, 3.8) is 0 Å². The number of rotatable bonds is 6. The molecule has 1 aliphatic carbocycles. The smallest absolute Gasteiger partial charge is 0.455 e. The number of likely N-dealkylation sites (tertiary alicyclic amines) is 1. The van der Waals surface area contributed by atoms with E-state index in [2.05, 4.69) is 4.98 Å². The van der Waals surface area contributed by atoms with Gasteiger partial charge in [-0.15, -0.1) is 0 Å². The van der Waals surface area contributed by atoms with Gasteiger partial charge in [0, 0.05) is 13.2 Å². The molecule has 35 heavy (non-hydrogen) atoms. The number of carbonyl (C=O) groups is 2. The van der Waals surface area contributed by atoms with E-state index in [0.29, 0.717) is 37.1 Å². The van der Waals surface area contributed by atoms with Crippen molar-refractivity contribution in [2.75, 3.05) is 7.05 Å². The number of hydrogen-bond donors (Lipinski definition) is 2. The standard InChI is InChI=1S/C26H29BN2O6/c1-15-11-19-24(26(32)29(2)25(19)31)20-13-27(33)35-22(23(15)20)9-6-16(21-5-3-4-10-28-21)12-17-7-8-18(14-30)34-17/h3-5,7-8,10,12,19-20,22,24,30,33H,6,9,11,13-14H2,1-2H3/b16-12-/t19-,20+,22-,24-/m1/s1. The SMILES string of the molecule is CC1=C2[C@@H](CC/C(=C/c3ccc(CO)o3)c3ccccn3)OB(O)C[C@@H]2[C@@H]2C(=O)N(C)C(=O)[C@@H]2C1. The highest BCUT2D eigenvalue weighted by atomic mass is 16.5. The molecule has 9 heteroatoms. The van der Waals surface area contributed by atoms with E-state index in [1.807, 2.05) is 31.2 Å². The molecular weight excluding hydrogens is 447 g/mol. The number of imide groups is 1. The molecule has 0 aromatic carbocycles. The Balaban J connectivity index is 1.43. The van der Waals surface area contributed by atoms with Crippen LogP contribution in [0.15, 0.2) is 52.1 Å². The first-order chi connectivity index (χ1) is 16.9. The number of hydrogen-bond acceptors (Lipinski definition) is 7. The molecule has 2 aromatic heterocycles. The molecule has 2 amide bonds. The minimum atomic E-state index is -0.992. The quantitative estimate of drug-likeness (QED) is 0.375. The molecule has 2 aliphatic heterocycles. The first-order valence-corrected chi connectivity index (χ1v) is 12.0. The molecule has 0 unspecified atom stereocenters. The molecule has 2 aromatic rings. The number of aliphatic hydroxyl groups excluding tert-OH is 1. The van der Waals surface area contributed by atoms with Crippen LogP contribution >= 0.6 is 0 Å². The summed E-state index contributed by atoms with van der Waals surface area (Å²) in [5.41, 5.74) is 3.86. The highest BCUT2D eigenvalue weighted by Gasteiger charge is 2.55.